The lowest BCUT2D eigenvalue weighted by molar-refractivity contribution is 0.171. The molecular formula is C13H14N2O2. The second-order valence-electron chi connectivity index (χ2n) is 4.15. The van der Waals surface area contributed by atoms with Crippen molar-refractivity contribution in [2.45, 2.75) is 6.92 Å². The average molecular weight is 230 g/mol. The van der Waals surface area contributed by atoms with Crippen molar-refractivity contribution in [3.8, 4) is 22.8 Å². The normalized spacial score (nSPS) is 13.8. The molecule has 0 saturated heterocycles. The number of benzene rings is 1. The van der Waals surface area contributed by atoms with E-state index in [4.69, 9.17) is 9.47 Å². The van der Waals surface area contributed by atoms with Crippen LogP contribution in [0.15, 0.2) is 24.4 Å². The summed E-state index contributed by atoms with van der Waals surface area (Å²) in [5.41, 5.74) is 3.38. The topological polar surface area (TPSA) is 36.3 Å². The van der Waals surface area contributed by atoms with Gasteiger partial charge in [0.05, 0.1) is 5.69 Å². The van der Waals surface area contributed by atoms with Crippen molar-refractivity contribution >= 4 is 0 Å². The first-order valence-electron chi connectivity index (χ1n) is 5.64. The molecular weight excluding hydrogens is 216 g/mol. The maximum Gasteiger partial charge on any atom is 0.162 e. The number of aromatic nitrogens is 2. The summed E-state index contributed by atoms with van der Waals surface area (Å²) in [5, 5.41) is 4.19. The lowest BCUT2D eigenvalue weighted by atomic mass is 10.0. The molecule has 1 aromatic heterocycles. The smallest absolute Gasteiger partial charge is 0.162 e. The molecule has 2 aromatic rings. The van der Waals surface area contributed by atoms with Gasteiger partial charge >= 0.3 is 0 Å². The molecule has 88 valence electrons. The van der Waals surface area contributed by atoms with E-state index in [1.807, 2.05) is 29.9 Å². The zero-order valence-electron chi connectivity index (χ0n) is 9.93. The van der Waals surface area contributed by atoms with Crippen LogP contribution in [-0.4, -0.2) is 23.0 Å². The number of fused-ring (bicyclic) bond motifs is 1. The third kappa shape index (κ3) is 1.65. The van der Waals surface area contributed by atoms with E-state index >= 15 is 0 Å². The summed E-state index contributed by atoms with van der Waals surface area (Å²) in [5.74, 6) is 1.65. The van der Waals surface area contributed by atoms with Crippen molar-refractivity contribution < 1.29 is 9.47 Å². The molecule has 0 saturated carbocycles. The first-order chi connectivity index (χ1) is 8.25. The molecule has 0 unspecified atom stereocenters. The summed E-state index contributed by atoms with van der Waals surface area (Å²) in [6.07, 6.45) is 1.80. The van der Waals surface area contributed by atoms with Crippen LogP contribution in [0.2, 0.25) is 0 Å². The van der Waals surface area contributed by atoms with Crippen LogP contribution >= 0.6 is 0 Å². The van der Waals surface area contributed by atoms with E-state index in [9.17, 15) is 0 Å². The van der Waals surface area contributed by atoms with Crippen LogP contribution in [-0.2, 0) is 7.05 Å². The van der Waals surface area contributed by atoms with Gasteiger partial charge in [-0.3, -0.25) is 4.68 Å². The fourth-order valence-corrected chi connectivity index (χ4v) is 2.10. The Kier molecular flexibility index (Phi) is 2.28. The van der Waals surface area contributed by atoms with E-state index in [1.54, 1.807) is 6.20 Å². The number of aryl methyl sites for hydroxylation is 2. The van der Waals surface area contributed by atoms with Crippen LogP contribution in [0.1, 0.15) is 5.56 Å². The largest absolute Gasteiger partial charge is 0.486 e. The maximum atomic E-state index is 5.60. The molecule has 2 heterocycles. The first kappa shape index (κ1) is 10.2. The Morgan fingerprint density at radius 3 is 2.53 bits per heavy atom. The third-order valence-corrected chi connectivity index (χ3v) is 2.99. The summed E-state index contributed by atoms with van der Waals surface area (Å²) in [6.45, 7) is 3.30. The number of ether oxygens (including phenoxy) is 2. The van der Waals surface area contributed by atoms with Gasteiger partial charge < -0.3 is 9.47 Å². The van der Waals surface area contributed by atoms with Crippen molar-refractivity contribution in [2.75, 3.05) is 13.2 Å². The van der Waals surface area contributed by atoms with Crippen molar-refractivity contribution in [2.24, 2.45) is 7.05 Å². The van der Waals surface area contributed by atoms with Gasteiger partial charge in [-0.2, -0.15) is 5.10 Å². The van der Waals surface area contributed by atoms with Crippen LogP contribution in [0.3, 0.4) is 0 Å². The van der Waals surface area contributed by atoms with Gasteiger partial charge in [-0.15, -0.1) is 0 Å². The van der Waals surface area contributed by atoms with E-state index in [-0.39, 0.29) is 0 Å². The molecule has 0 amide bonds. The summed E-state index contributed by atoms with van der Waals surface area (Å²) in [6, 6.07) is 6.05. The fourth-order valence-electron chi connectivity index (χ4n) is 2.10. The SMILES string of the molecule is Cc1cc2c(cc1-c1ccnn1C)OCCO2. The van der Waals surface area contributed by atoms with Gasteiger partial charge in [-0.1, -0.05) is 0 Å². The lowest BCUT2D eigenvalue weighted by Crippen LogP contribution is -2.15. The predicted octanol–water partition coefficient (Wildman–Crippen LogP) is 2.17. The molecule has 0 aliphatic carbocycles. The monoisotopic (exact) mass is 230 g/mol. The van der Waals surface area contributed by atoms with E-state index in [1.165, 1.54) is 0 Å². The van der Waals surface area contributed by atoms with Gasteiger partial charge in [0.2, 0.25) is 0 Å². The molecule has 3 rings (SSSR count). The lowest BCUT2D eigenvalue weighted by Gasteiger charge is -2.20. The van der Waals surface area contributed by atoms with E-state index < -0.39 is 0 Å². The molecule has 0 atom stereocenters. The Balaban J connectivity index is 2.15. The Morgan fingerprint density at radius 1 is 1.18 bits per heavy atom. The van der Waals surface area contributed by atoms with Gasteiger partial charge in [0.1, 0.15) is 13.2 Å². The van der Waals surface area contributed by atoms with Crippen molar-refractivity contribution in [1.29, 1.82) is 0 Å². The molecule has 0 fully saturated rings. The first-order valence-corrected chi connectivity index (χ1v) is 5.64. The van der Waals surface area contributed by atoms with Crippen LogP contribution in [0, 0.1) is 6.92 Å². The van der Waals surface area contributed by atoms with Crippen LogP contribution < -0.4 is 9.47 Å². The number of hydrogen-bond acceptors (Lipinski definition) is 3. The zero-order chi connectivity index (χ0) is 11.8. The van der Waals surface area contributed by atoms with Gasteiger partial charge in [0.15, 0.2) is 11.5 Å². The minimum Gasteiger partial charge on any atom is -0.486 e. The summed E-state index contributed by atoms with van der Waals surface area (Å²) in [7, 11) is 1.94. The van der Waals surface area contributed by atoms with Crippen LogP contribution in [0.4, 0.5) is 0 Å². The number of nitrogens with zero attached hydrogens (tertiary/aromatic N) is 2. The van der Waals surface area contributed by atoms with E-state index in [0.29, 0.717) is 13.2 Å². The Hall–Kier alpha value is -1.97. The molecule has 17 heavy (non-hydrogen) atoms. The van der Waals surface area contributed by atoms with Crippen molar-refractivity contribution in [1.82, 2.24) is 9.78 Å². The van der Waals surface area contributed by atoms with Gasteiger partial charge in [0, 0.05) is 18.8 Å². The minimum atomic E-state index is 0.612. The Labute approximate surface area is 99.8 Å². The highest BCUT2D eigenvalue weighted by molar-refractivity contribution is 5.68. The maximum absolute atomic E-state index is 5.60. The molecule has 1 aliphatic rings. The van der Waals surface area contributed by atoms with Gasteiger partial charge in [0.25, 0.3) is 0 Å². The summed E-state index contributed by atoms with van der Waals surface area (Å²) in [4.78, 5) is 0. The highest BCUT2D eigenvalue weighted by atomic mass is 16.6. The minimum absolute atomic E-state index is 0.612. The van der Waals surface area contributed by atoms with Crippen LogP contribution in [0.25, 0.3) is 11.3 Å². The molecule has 0 bridgehead atoms. The Bertz CT molecular complexity index is 561. The second kappa shape index (κ2) is 3.80. The average Bonchev–Trinajstić information content (AvgIpc) is 2.74. The summed E-state index contributed by atoms with van der Waals surface area (Å²) >= 11 is 0. The number of hydrogen-bond donors (Lipinski definition) is 0. The zero-order valence-corrected chi connectivity index (χ0v) is 9.93. The molecule has 0 radical (unpaired) electrons. The van der Waals surface area contributed by atoms with Gasteiger partial charge in [-0.05, 0) is 30.7 Å². The van der Waals surface area contributed by atoms with Crippen LogP contribution in [0.5, 0.6) is 11.5 Å². The molecule has 4 heteroatoms. The number of rotatable bonds is 1. The predicted molar refractivity (Wildman–Crippen MR) is 64.4 cm³/mol. The molecule has 4 nitrogen and oxygen atoms in total. The second-order valence-corrected chi connectivity index (χ2v) is 4.15. The van der Waals surface area contributed by atoms with E-state index in [2.05, 4.69) is 12.0 Å². The molecule has 0 spiro atoms. The summed E-state index contributed by atoms with van der Waals surface area (Å²) < 4.78 is 13.0. The third-order valence-electron chi connectivity index (χ3n) is 2.99. The van der Waals surface area contributed by atoms with Crippen molar-refractivity contribution in [3.05, 3.63) is 30.0 Å². The quantitative estimate of drug-likeness (QED) is 0.753. The van der Waals surface area contributed by atoms with Crippen molar-refractivity contribution in [3.63, 3.8) is 0 Å². The molecule has 1 aromatic carbocycles. The standard InChI is InChI=1S/C13H14N2O2/c1-9-7-12-13(17-6-5-16-12)8-10(9)11-3-4-14-15(11)2/h3-4,7-8H,5-6H2,1-2H3. The van der Waals surface area contributed by atoms with Gasteiger partial charge in [-0.25, -0.2) is 0 Å². The molecule has 1 aliphatic heterocycles. The fraction of sp³-hybridized carbons (Fsp3) is 0.308. The highest BCUT2D eigenvalue weighted by Crippen LogP contribution is 2.36. The molecule has 0 N–H and O–H groups in total. The Morgan fingerprint density at radius 2 is 1.88 bits per heavy atom. The van der Waals surface area contributed by atoms with E-state index in [0.717, 1.165) is 28.3 Å². The highest BCUT2D eigenvalue weighted by Gasteiger charge is 2.16.